The van der Waals surface area contributed by atoms with E-state index in [1.54, 1.807) is 0 Å². The average molecular weight is 334 g/mol. The fourth-order valence-corrected chi connectivity index (χ4v) is 3.74. The highest BCUT2D eigenvalue weighted by Gasteiger charge is 2.24. The number of carbonyl (C=O) groups is 1. The summed E-state index contributed by atoms with van der Waals surface area (Å²) in [5, 5.41) is 4.87. The van der Waals surface area contributed by atoms with Crippen molar-refractivity contribution >= 4 is 27.5 Å². The molecule has 0 aromatic heterocycles. The fraction of sp³-hybridized carbons (Fsp3) is 0.318. The lowest BCUT2D eigenvalue weighted by Crippen LogP contribution is -2.24. The van der Waals surface area contributed by atoms with Gasteiger partial charge in [0.1, 0.15) is 0 Å². The monoisotopic (exact) mass is 334 g/mol. The normalized spacial score (nSPS) is 18.3. The Hall–Kier alpha value is -2.39. The minimum Gasteiger partial charge on any atom is -0.464 e. The highest BCUT2D eigenvalue weighted by Crippen LogP contribution is 2.33. The predicted molar refractivity (Wildman–Crippen MR) is 99.6 cm³/mol. The summed E-state index contributed by atoms with van der Waals surface area (Å²) >= 11 is 0. The highest BCUT2D eigenvalue weighted by molar-refractivity contribution is 6.05. The Labute approximate surface area is 147 Å². The van der Waals surface area contributed by atoms with E-state index in [0.717, 1.165) is 24.8 Å². The summed E-state index contributed by atoms with van der Waals surface area (Å²) in [4.78, 5) is 12.1. The number of ether oxygens (including phenoxy) is 2. The van der Waals surface area contributed by atoms with Gasteiger partial charge in [-0.05, 0) is 58.9 Å². The predicted octanol–water partition coefficient (Wildman–Crippen LogP) is 4.91. The van der Waals surface area contributed by atoms with Gasteiger partial charge in [0.2, 0.25) is 0 Å². The van der Waals surface area contributed by atoms with E-state index in [2.05, 4.69) is 55.5 Å². The molecule has 1 heterocycles. The zero-order valence-corrected chi connectivity index (χ0v) is 14.5. The first kappa shape index (κ1) is 16.1. The summed E-state index contributed by atoms with van der Waals surface area (Å²) in [6.07, 6.45) is 2.16. The molecular weight excluding hydrogens is 312 g/mol. The van der Waals surface area contributed by atoms with E-state index in [9.17, 15) is 4.79 Å². The van der Waals surface area contributed by atoms with Crippen molar-refractivity contribution in [3.63, 3.8) is 0 Å². The molecule has 1 fully saturated rings. The van der Waals surface area contributed by atoms with Crippen LogP contribution >= 0.6 is 0 Å². The van der Waals surface area contributed by atoms with Gasteiger partial charge in [0.05, 0.1) is 13.2 Å². The summed E-state index contributed by atoms with van der Waals surface area (Å²) in [5.74, 6) is -0.224. The van der Waals surface area contributed by atoms with Crippen molar-refractivity contribution in [2.24, 2.45) is 0 Å². The number of esters is 1. The SMILES string of the molecule is Cc1c2ccccc2c(COC2CCCCOC2=O)c2ccccc12. The Morgan fingerprint density at radius 1 is 0.960 bits per heavy atom. The molecule has 0 N–H and O–H groups in total. The van der Waals surface area contributed by atoms with E-state index < -0.39 is 6.10 Å². The van der Waals surface area contributed by atoms with Gasteiger partial charge in [-0.15, -0.1) is 0 Å². The van der Waals surface area contributed by atoms with Crippen LogP contribution in [-0.4, -0.2) is 18.7 Å². The Morgan fingerprint density at radius 3 is 2.20 bits per heavy atom. The third kappa shape index (κ3) is 3.00. The molecule has 0 spiro atoms. The summed E-state index contributed by atoms with van der Waals surface area (Å²) in [6, 6.07) is 16.8. The molecule has 3 aromatic rings. The van der Waals surface area contributed by atoms with Gasteiger partial charge in [-0.2, -0.15) is 0 Å². The van der Waals surface area contributed by atoms with Crippen molar-refractivity contribution in [1.29, 1.82) is 0 Å². The molecule has 1 aliphatic heterocycles. The van der Waals surface area contributed by atoms with Crippen LogP contribution in [0.15, 0.2) is 48.5 Å². The van der Waals surface area contributed by atoms with Crippen LogP contribution in [0.1, 0.15) is 30.4 Å². The van der Waals surface area contributed by atoms with Crippen molar-refractivity contribution in [3.8, 4) is 0 Å². The topological polar surface area (TPSA) is 35.5 Å². The number of hydrogen-bond donors (Lipinski definition) is 0. The quantitative estimate of drug-likeness (QED) is 0.504. The van der Waals surface area contributed by atoms with E-state index >= 15 is 0 Å². The number of benzene rings is 3. The minimum atomic E-state index is -0.457. The van der Waals surface area contributed by atoms with Gasteiger partial charge in [0.15, 0.2) is 6.10 Å². The maximum atomic E-state index is 12.1. The second kappa shape index (κ2) is 6.85. The Balaban J connectivity index is 1.77. The third-order valence-corrected chi connectivity index (χ3v) is 5.11. The molecule has 1 unspecified atom stereocenters. The smallest absolute Gasteiger partial charge is 0.335 e. The van der Waals surface area contributed by atoms with Crippen LogP contribution in [0.25, 0.3) is 21.5 Å². The number of cyclic esters (lactones) is 1. The van der Waals surface area contributed by atoms with Gasteiger partial charge in [-0.1, -0.05) is 48.5 Å². The van der Waals surface area contributed by atoms with Gasteiger partial charge in [0.25, 0.3) is 0 Å². The molecule has 1 saturated heterocycles. The van der Waals surface area contributed by atoms with Crippen LogP contribution in [0, 0.1) is 6.92 Å². The van der Waals surface area contributed by atoms with E-state index in [1.165, 1.54) is 27.1 Å². The maximum Gasteiger partial charge on any atom is 0.335 e. The first-order chi connectivity index (χ1) is 12.3. The lowest BCUT2D eigenvalue weighted by Gasteiger charge is -2.18. The lowest BCUT2D eigenvalue weighted by atomic mass is 9.93. The van der Waals surface area contributed by atoms with Crippen LogP contribution in [0.3, 0.4) is 0 Å². The number of rotatable bonds is 3. The van der Waals surface area contributed by atoms with Crippen molar-refractivity contribution in [2.75, 3.05) is 6.61 Å². The van der Waals surface area contributed by atoms with Crippen molar-refractivity contribution < 1.29 is 14.3 Å². The Morgan fingerprint density at radius 2 is 1.56 bits per heavy atom. The first-order valence-corrected chi connectivity index (χ1v) is 8.93. The first-order valence-electron chi connectivity index (χ1n) is 8.93. The second-order valence-electron chi connectivity index (χ2n) is 6.66. The second-order valence-corrected chi connectivity index (χ2v) is 6.66. The largest absolute Gasteiger partial charge is 0.464 e. The summed E-state index contributed by atoms with van der Waals surface area (Å²) < 4.78 is 11.3. The van der Waals surface area contributed by atoms with Crippen molar-refractivity contribution in [2.45, 2.75) is 38.9 Å². The van der Waals surface area contributed by atoms with Crippen molar-refractivity contribution in [1.82, 2.24) is 0 Å². The fourth-order valence-electron chi connectivity index (χ4n) is 3.74. The number of hydrogen-bond acceptors (Lipinski definition) is 3. The molecule has 0 aliphatic carbocycles. The van der Waals surface area contributed by atoms with Gasteiger partial charge >= 0.3 is 5.97 Å². The van der Waals surface area contributed by atoms with Gasteiger partial charge in [-0.25, -0.2) is 4.79 Å². The summed E-state index contributed by atoms with van der Waals surface area (Å²) in [7, 11) is 0. The highest BCUT2D eigenvalue weighted by atomic mass is 16.6. The van der Waals surface area contributed by atoms with E-state index in [-0.39, 0.29) is 5.97 Å². The van der Waals surface area contributed by atoms with Gasteiger partial charge < -0.3 is 9.47 Å². The Bertz CT molecular complexity index is 872. The van der Waals surface area contributed by atoms with Crippen LogP contribution in [0.5, 0.6) is 0 Å². The molecule has 3 heteroatoms. The molecule has 3 aromatic carbocycles. The van der Waals surface area contributed by atoms with Gasteiger partial charge in [0, 0.05) is 0 Å². The number of fused-ring (bicyclic) bond motifs is 2. The lowest BCUT2D eigenvalue weighted by molar-refractivity contribution is -0.156. The van der Waals surface area contributed by atoms with E-state index in [4.69, 9.17) is 9.47 Å². The molecule has 0 bridgehead atoms. The van der Waals surface area contributed by atoms with E-state index in [0.29, 0.717) is 13.2 Å². The molecule has 25 heavy (non-hydrogen) atoms. The zero-order chi connectivity index (χ0) is 17.2. The molecule has 1 aliphatic rings. The van der Waals surface area contributed by atoms with Crippen molar-refractivity contribution in [3.05, 3.63) is 59.7 Å². The number of aryl methyl sites for hydroxylation is 1. The average Bonchev–Trinajstić information content (AvgIpc) is 2.86. The van der Waals surface area contributed by atoms with Crippen LogP contribution < -0.4 is 0 Å². The molecule has 0 radical (unpaired) electrons. The Kier molecular flexibility index (Phi) is 4.41. The zero-order valence-electron chi connectivity index (χ0n) is 14.5. The molecule has 0 saturated carbocycles. The number of carbonyl (C=O) groups excluding carboxylic acids is 1. The minimum absolute atomic E-state index is 0.224. The molecular formula is C22H22O3. The molecule has 128 valence electrons. The summed E-state index contributed by atoms with van der Waals surface area (Å²) in [5.41, 5.74) is 2.43. The third-order valence-electron chi connectivity index (χ3n) is 5.11. The molecule has 4 rings (SSSR count). The van der Waals surface area contributed by atoms with E-state index in [1.807, 2.05) is 0 Å². The van der Waals surface area contributed by atoms with Gasteiger partial charge in [-0.3, -0.25) is 0 Å². The van der Waals surface area contributed by atoms with Crippen LogP contribution in [0.4, 0.5) is 0 Å². The summed E-state index contributed by atoms with van der Waals surface area (Å²) in [6.45, 7) is 3.09. The molecule has 3 nitrogen and oxygen atoms in total. The standard InChI is InChI=1S/C22H22O3/c1-15-16-8-2-4-10-18(16)20(19-11-5-3-9-17(15)19)14-25-21-12-6-7-13-24-22(21)23/h2-5,8-11,21H,6-7,12-14H2,1H3. The van der Waals surface area contributed by atoms with Crippen LogP contribution in [-0.2, 0) is 20.9 Å². The molecule has 0 amide bonds. The molecule has 1 atom stereocenters. The van der Waals surface area contributed by atoms with Crippen LogP contribution in [0.2, 0.25) is 0 Å². The maximum absolute atomic E-state index is 12.1.